The summed E-state index contributed by atoms with van der Waals surface area (Å²) in [5.74, 6) is 1.69. The van der Waals surface area contributed by atoms with E-state index >= 15 is 0 Å². The lowest BCUT2D eigenvalue weighted by molar-refractivity contribution is 0.749. The van der Waals surface area contributed by atoms with Gasteiger partial charge in [0.05, 0.1) is 12.2 Å². The van der Waals surface area contributed by atoms with Gasteiger partial charge in [-0.05, 0) is 25.5 Å². The number of fused-ring (bicyclic) bond motifs is 1. The van der Waals surface area contributed by atoms with Crippen molar-refractivity contribution < 1.29 is 0 Å². The third-order valence-corrected chi connectivity index (χ3v) is 4.24. The van der Waals surface area contributed by atoms with Gasteiger partial charge in [-0.3, -0.25) is 9.38 Å². The molecule has 0 bridgehead atoms. The number of imidazole rings is 1. The third-order valence-electron chi connectivity index (χ3n) is 4.24. The lowest BCUT2D eigenvalue weighted by atomic mass is 10.1. The second-order valence-electron chi connectivity index (χ2n) is 5.95. The first-order valence-corrected chi connectivity index (χ1v) is 8.38. The second kappa shape index (κ2) is 6.43. The van der Waals surface area contributed by atoms with Gasteiger partial charge in [-0.2, -0.15) is 0 Å². The van der Waals surface area contributed by atoms with Crippen LogP contribution in [0.3, 0.4) is 0 Å². The van der Waals surface area contributed by atoms with Crippen LogP contribution in [-0.2, 0) is 13.0 Å². The van der Waals surface area contributed by atoms with E-state index in [1.807, 2.05) is 35.7 Å². The van der Waals surface area contributed by atoms with Crippen molar-refractivity contribution in [2.75, 3.05) is 0 Å². The van der Waals surface area contributed by atoms with E-state index in [-0.39, 0.29) is 0 Å². The first kappa shape index (κ1) is 15.4. The fourth-order valence-electron chi connectivity index (χ4n) is 3.02. The summed E-state index contributed by atoms with van der Waals surface area (Å²) < 4.78 is 4.02. The van der Waals surface area contributed by atoms with Crippen LogP contribution < -0.4 is 0 Å². The maximum absolute atomic E-state index is 4.68. The second-order valence-corrected chi connectivity index (χ2v) is 5.95. The first-order chi connectivity index (χ1) is 12.3. The Morgan fingerprint density at radius 3 is 2.76 bits per heavy atom. The van der Waals surface area contributed by atoms with Crippen molar-refractivity contribution in [1.82, 2.24) is 34.1 Å². The smallest absolute Gasteiger partial charge is 0.167 e. The van der Waals surface area contributed by atoms with E-state index < -0.39 is 0 Å². The van der Waals surface area contributed by atoms with E-state index in [2.05, 4.69) is 36.6 Å². The fraction of sp³-hybridized carbons (Fsp3) is 0.278. The number of rotatable bonds is 5. The van der Waals surface area contributed by atoms with Gasteiger partial charge in [0, 0.05) is 24.2 Å². The molecule has 0 atom stereocenters. The van der Waals surface area contributed by atoms with Crippen LogP contribution in [0, 0.1) is 6.92 Å². The Labute approximate surface area is 145 Å². The summed E-state index contributed by atoms with van der Waals surface area (Å²) in [6.07, 6.45) is 9.27. The molecule has 0 saturated carbocycles. The van der Waals surface area contributed by atoms with E-state index in [4.69, 9.17) is 0 Å². The third kappa shape index (κ3) is 2.77. The molecule has 0 aliphatic heterocycles. The lowest BCUT2D eigenvalue weighted by Crippen LogP contribution is -2.09. The Morgan fingerprint density at radius 2 is 1.96 bits per heavy atom. The number of hydrogen-bond acceptors (Lipinski definition) is 5. The van der Waals surface area contributed by atoms with Crippen LogP contribution in [0.15, 0.2) is 43.1 Å². The summed E-state index contributed by atoms with van der Waals surface area (Å²) in [4.78, 5) is 13.6. The highest BCUT2D eigenvalue weighted by molar-refractivity contribution is 5.52. The zero-order chi connectivity index (χ0) is 17.2. The van der Waals surface area contributed by atoms with Crippen LogP contribution in [-0.4, -0.2) is 34.1 Å². The number of hydrogen-bond donors (Lipinski definition) is 0. The molecule has 7 heteroatoms. The SMILES string of the molecule is CCCc1c(Cn2ccnc2-c2ccccn2)ncn2c(C)nnc12. The zero-order valence-electron chi connectivity index (χ0n) is 14.3. The molecule has 4 rings (SSSR count). The average Bonchev–Trinajstić information content (AvgIpc) is 3.25. The van der Waals surface area contributed by atoms with Gasteiger partial charge in [0.25, 0.3) is 0 Å². The first-order valence-electron chi connectivity index (χ1n) is 8.38. The van der Waals surface area contributed by atoms with Crippen molar-refractivity contribution in [3.8, 4) is 11.5 Å². The fourth-order valence-corrected chi connectivity index (χ4v) is 3.02. The topological polar surface area (TPSA) is 73.8 Å². The normalized spacial score (nSPS) is 11.3. The summed E-state index contributed by atoms with van der Waals surface area (Å²) in [6.45, 7) is 4.73. The summed E-state index contributed by atoms with van der Waals surface area (Å²) in [5.41, 5.74) is 3.89. The molecule has 126 valence electrons. The highest BCUT2D eigenvalue weighted by atomic mass is 15.3. The van der Waals surface area contributed by atoms with Crippen molar-refractivity contribution in [2.24, 2.45) is 0 Å². The highest BCUT2D eigenvalue weighted by Gasteiger charge is 2.15. The van der Waals surface area contributed by atoms with Crippen LogP contribution in [0.1, 0.15) is 30.4 Å². The molecule has 0 fully saturated rings. The van der Waals surface area contributed by atoms with Gasteiger partial charge in [0.15, 0.2) is 11.5 Å². The number of nitrogens with zero attached hydrogens (tertiary/aromatic N) is 7. The van der Waals surface area contributed by atoms with Crippen LogP contribution in [0.25, 0.3) is 17.2 Å². The lowest BCUT2D eigenvalue weighted by Gasteiger charge is -2.12. The predicted molar refractivity (Wildman–Crippen MR) is 94.1 cm³/mol. The Morgan fingerprint density at radius 1 is 1.04 bits per heavy atom. The van der Waals surface area contributed by atoms with Crippen molar-refractivity contribution in [3.63, 3.8) is 0 Å². The van der Waals surface area contributed by atoms with Gasteiger partial charge in [-0.1, -0.05) is 19.4 Å². The Kier molecular flexibility index (Phi) is 3.97. The van der Waals surface area contributed by atoms with Gasteiger partial charge in [0.1, 0.15) is 17.8 Å². The van der Waals surface area contributed by atoms with Crippen molar-refractivity contribution in [2.45, 2.75) is 33.2 Å². The molecule has 0 amide bonds. The molecule has 0 aliphatic carbocycles. The molecule has 4 heterocycles. The average molecular weight is 333 g/mol. The predicted octanol–water partition coefficient (Wildman–Crippen LogP) is 2.69. The van der Waals surface area contributed by atoms with Crippen molar-refractivity contribution >= 4 is 5.65 Å². The van der Waals surface area contributed by atoms with Gasteiger partial charge < -0.3 is 4.57 Å². The minimum atomic E-state index is 0.629. The summed E-state index contributed by atoms with van der Waals surface area (Å²) in [6, 6.07) is 5.83. The van der Waals surface area contributed by atoms with E-state index in [1.54, 1.807) is 18.7 Å². The molecule has 0 aliphatic rings. The van der Waals surface area contributed by atoms with Gasteiger partial charge >= 0.3 is 0 Å². The standard InChI is InChI=1S/C18H19N7/c1-3-6-14-16(21-12-25-13(2)22-23-17(14)25)11-24-10-9-20-18(24)15-7-4-5-8-19-15/h4-5,7-10,12H,3,6,11H2,1-2H3. The molecule has 0 N–H and O–H groups in total. The Balaban J connectivity index is 1.77. The van der Waals surface area contributed by atoms with Crippen LogP contribution in [0.2, 0.25) is 0 Å². The summed E-state index contributed by atoms with van der Waals surface area (Å²) in [7, 11) is 0. The van der Waals surface area contributed by atoms with Gasteiger partial charge in [-0.15, -0.1) is 10.2 Å². The molecule has 0 saturated heterocycles. The quantitative estimate of drug-likeness (QED) is 0.561. The molecule has 0 radical (unpaired) electrons. The maximum Gasteiger partial charge on any atom is 0.167 e. The van der Waals surface area contributed by atoms with E-state index in [1.165, 1.54) is 0 Å². The number of aromatic nitrogens is 7. The molecule has 0 spiro atoms. The Bertz CT molecular complexity index is 1000. The van der Waals surface area contributed by atoms with Crippen LogP contribution in [0.5, 0.6) is 0 Å². The molecule has 25 heavy (non-hydrogen) atoms. The highest BCUT2D eigenvalue weighted by Crippen LogP contribution is 2.20. The molecule has 4 aromatic heterocycles. The zero-order valence-corrected chi connectivity index (χ0v) is 14.3. The van der Waals surface area contributed by atoms with Crippen molar-refractivity contribution in [3.05, 3.63) is 60.2 Å². The minimum absolute atomic E-state index is 0.629. The molecular formula is C18H19N7. The van der Waals surface area contributed by atoms with E-state index in [0.29, 0.717) is 6.54 Å². The van der Waals surface area contributed by atoms with Crippen molar-refractivity contribution in [1.29, 1.82) is 0 Å². The maximum atomic E-state index is 4.68. The largest absolute Gasteiger partial charge is 0.324 e. The summed E-state index contributed by atoms with van der Waals surface area (Å²) in [5, 5.41) is 8.53. The molecule has 0 aromatic carbocycles. The van der Waals surface area contributed by atoms with E-state index in [0.717, 1.165) is 47.1 Å². The molecule has 7 nitrogen and oxygen atoms in total. The van der Waals surface area contributed by atoms with Gasteiger partial charge in [0.2, 0.25) is 0 Å². The minimum Gasteiger partial charge on any atom is -0.324 e. The van der Waals surface area contributed by atoms with Crippen LogP contribution >= 0.6 is 0 Å². The number of pyridine rings is 1. The Hall–Kier alpha value is -3.09. The summed E-state index contributed by atoms with van der Waals surface area (Å²) >= 11 is 0. The molecular weight excluding hydrogens is 314 g/mol. The molecule has 0 unspecified atom stereocenters. The van der Waals surface area contributed by atoms with Gasteiger partial charge in [-0.25, -0.2) is 9.97 Å². The van der Waals surface area contributed by atoms with Crippen LogP contribution in [0.4, 0.5) is 0 Å². The monoisotopic (exact) mass is 333 g/mol. The van der Waals surface area contributed by atoms with E-state index in [9.17, 15) is 0 Å². The molecule has 4 aromatic rings. The number of aryl methyl sites for hydroxylation is 2.